The number of carbonyl (C=O) groups is 2. The summed E-state index contributed by atoms with van der Waals surface area (Å²) in [4.78, 5) is 25.5. The van der Waals surface area contributed by atoms with Crippen molar-refractivity contribution in [3.63, 3.8) is 0 Å². The van der Waals surface area contributed by atoms with Crippen molar-refractivity contribution in [3.05, 3.63) is 70.8 Å². The molecule has 0 fully saturated rings. The maximum absolute atomic E-state index is 12.2. The monoisotopic (exact) mass is 356 g/mol. The number of hydrogen-bond acceptors (Lipinski definition) is 2. The van der Waals surface area contributed by atoms with Crippen molar-refractivity contribution < 1.29 is 9.59 Å². The van der Waals surface area contributed by atoms with Crippen LogP contribution in [0.2, 0.25) is 5.02 Å². The zero-order chi connectivity index (χ0) is 18.2. The molecule has 2 amide bonds. The molecule has 0 aliphatic rings. The van der Waals surface area contributed by atoms with Crippen LogP contribution in [0.5, 0.6) is 0 Å². The minimum atomic E-state index is -0.238. The predicted octanol–water partition coefficient (Wildman–Crippen LogP) is 4.36. The van der Waals surface area contributed by atoms with Crippen LogP contribution in [-0.4, -0.2) is 23.3 Å². The van der Waals surface area contributed by atoms with Crippen molar-refractivity contribution in [2.24, 2.45) is 0 Å². The summed E-state index contributed by atoms with van der Waals surface area (Å²) in [6.07, 6.45) is 3.17. The largest absolute Gasteiger partial charge is 0.339 e. The third kappa shape index (κ3) is 5.76. The topological polar surface area (TPSA) is 49.4 Å². The van der Waals surface area contributed by atoms with E-state index >= 15 is 0 Å². The summed E-state index contributed by atoms with van der Waals surface area (Å²) in [6, 6.07) is 14.7. The number of amides is 2. The number of halogens is 1. The number of nitrogens with one attached hydrogen (secondary N) is 1. The van der Waals surface area contributed by atoms with Gasteiger partial charge in [-0.15, -0.1) is 0 Å². The van der Waals surface area contributed by atoms with Gasteiger partial charge in [0.25, 0.3) is 0 Å². The highest BCUT2D eigenvalue weighted by Crippen LogP contribution is 2.18. The predicted molar refractivity (Wildman–Crippen MR) is 102 cm³/mol. The molecule has 2 aromatic rings. The second-order valence-electron chi connectivity index (χ2n) is 5.57. The lowest BCUT2D eigenvalue weighted by Crippen LogP contribution is -2.28. The Bertz CT molecular complexity index is 787. The van der Waals surface area contributed by atoms with Crippen LogP contribution in [0.3, 0.4) is 0 Å². The Hall–Kier alpha value is -2.59. The highest BCUT2D eigenvalue weighted by atomic mass is 35.5. The highest BCUT2D eigenvalue weighted by Gasteiger charge is 2.10. The molecule has 4 nitrogen and oxygen atoms in total. The van der Waals surface area contributed by atoms with Gasteiger partial charge in [0.05, 0.1) is 0 Å². The average Bonchev–Trinajstić information content (AvgIpc) is 2.59. The van der Waals surface area contributed by atoms with Crippen LogP contribution >= 0.6 is 11.6 Å². The first kappa shape index (κ1) is 18.7. The third-order valence-corrected chi connectivity index (χ3v) is 3.97. The van der Waals surface area contributed by atoms with E-state index in [0.717, 1.165) is 11.1 Å². The maximum Gasteiger partial charge on any atom is 0.248 e. The second-order valence-corrected chi connectivity index (χ2v) is 6.00. The molecule has 0 spiro atoms. The third-order valence-electron chi connectivity index (χ3n) is 3.74. The lowest BCUT2D eigenvalue weighted by atomic mass is 10.1. The molecular weight excluding hydrogens is 336 g/mol. The van der Waals surface area contributed by atoms with Crippen LogP contribution in [-0.2, 0) is 16.1 Å². The molecule has 0 saturated carbocycles. The SMILES string of the molecule is CCN(Cc1ccccc1NC(=O)/C=C/c1cccc(Cl)c1)C(C)=O. The molecule has 0 bridgehead atoms. The molecule has 0 aliphatic heterocycles. The van der Waals surface area contributed by atoms with Crippen LogP contribution in [0.15, 0.2) is 54.6 Å². The molecule has 0 saturated heterocycles. The molecule has 2 aromatic carbocycles. The molecule has 0 atom stereocenters. The van der Waals surface area contributed by atoms with E-state index < -0.39 is 0 Å². The summed E-state index contributed by atoms with van der Waals surface area (Å²) >= 11 is 5.93. The molecule has 5 heteroatoms. The lowest BCUT2D eigenvalue weighted by molar-refractivity contribution is -0.129. The normalized spacial score (nSPS) is 10.7. The van der Waals surface area contributed by atoms with Crippen LogP contribution in [0.1, 0.15) is 25.0 Å². The molecule has 0 aromatic heterocycles. The van der Waals surface area contributed by atoms with Gasteiger partial charge >= 0.3 is 0 Å². The average molecular weight is 357 g/mol. The summed E-state index contributed by atoms with van der Waals surface area (Å²) in [5.74, 6) is -0.234. The van der Waals surface area contributed by atoms with Gasteiger partial charge in [-0.25, -0.2) is 0 Å². The molecular formula is C20H21ClN2O2. The second kappa shape index (κ2) is 9.04. The van der Waals surface area contributed by atoms with Gasteiger partial charge in [0.15, 0.2) is 0 Å². The van der Waals surface area contributed by atoms with E-state index in [4.69, 9.17) is 11.6 Å². The number of para-hydroxylation sites is 1. The van der Waals surface area contributed by atoms with Gasteiger partial charge in [-0.2, -0.15) is 0 Å². The van der Waals surface area contributed by atoms with Gasteiger partial charge in [0.2, 0.25) is 11.8 Å². The van der Waals surface area contributed by atoms with Gasteiger partial charge < -0.3 is 10.2 Å². The van der Waals surface area contributed by atoms with E-state index in [1.807, 2.05) is 43.3 Å². The zero-order valence-electron chi connectivity index (χ0n) is 14.3. The molecule has 25 heavy (non-hydrogen) atoms. The van der Waals surface area contributed by atoms with Crippen molar-refractivity contribution in [1.82, 2.24) is 4.90 Å². The van der Waals surface area contributed by atoms with Crippen molar-refractivity contribution in [2.75, 3.05) is 11.9 Å². The Morgan fingerprint density at radius 2 is 1.92 bits per heavy atom. The summed E-state index contributed by atoms with van der Waals surface area (Å²) < 4.78 is 0. The minimum Gasteiger partial charge on any atom is -0.339 e. The van der Waals surface area contributed by atoms with E-state index in [1.54, 1.807) is 30.0 Å². The highest BCUT2D eigenvalue weighted by molar-refractivity contribution is 6.30. The standard InChI is InChI=1S/C20H21ClN2O2/c1-3-23(15(2)24)14-17-8-4-5-10-19(17)22-20(25)12-11-16-7-6-9-18(21)13-16/h4-13H,3,14H2,1-2H3,(H,22,25)/b12-11+. The van der Waals surface area contributed by atoms with Crippen LogP contribution in [0.4, 0.5) is 5.69 Å². The van der Waals surface area contributed by atoms with Crippen molar-refractivity contribution in [2.45, 2.75) is 20.4 Å². The number of carbonyl (C=O) groups excluding carboxylic acids is 2. The molecule has 0 radical (unpaired) electrons. The fourth-order valence-electron chi connectivity index (χ4n) is 2.39. The van der Waals surface area contributed by atoms with Crippen molar-refractivity contribution in [3.8, 4) is 0 Å². The van der Waals surface area contributed by atoms with Crippen LogP contribution < -0.4 is 5.32 Å². The van der Waals surface area contributed by atoms with E-state index in [2.05, 4.69) is 5.32 Å². The first-order chi connectivity index (χ1) is 12.0. The molecule has 2 rings (SSSR count). The van der Waals surface area contributed by atoms with E-state index in [1.165, 1.54) is 6.08 Å². The summed E-state index contributed by atoms with van der Waals surface area (Å²) in [7, 11) is 0. The van der Waals surface area contributed by atoms with Gasteiger partial charge in [-0.05, 0) is 42.3 Å². The number of hydrogen-bond donors (Lipinski definition) is 1. The smallest absolute Gasteiger partial charge is 0.248 e. The van der Waals surface area contributed by atoms with Crippen LogP contribution in [0, 0.1) is 0 Å². The Labute approximate surface area is 153 Å². The van der Waals surface area contributed by atoms with Crippen molar-refractivity contribution >= 4 is 35.2 Å². The lowest BCUT2D eigenvalue weighted by Gasteiger charge is -2.20. The Kier molecular flexibility index (Phi) is 6.78. The maximum atomic E-state index is 12.2. The molecule has 0 unspecified atom stereocenters. The Morgan fingerprint density at radius 3 is 2.60 bits per heavy atom. The van der Waals surface area contributed by atoms with Gasteiger partial charge in [0.1, 0.15) is 0 Å². The fraction of sp³-hybridized carbons (Fsp3) is 0.200. The fourth-order valence-corrected chi connectivity index (χ4v) is 2.59. The Morgan fingerprint density at radius 1 is 1.16 bits per heavy atom. The summed E-state index contributed by atoms with van der Waals surface area (Å²) in [5, 5.41) is 3.49. The number of nitrogens with zero attached hydrogens (tertiary/aromatic N) is 1. The van der Waals surface area contributed by atoms with Crippen LogP contribution in [0.25, 0.3) is 6.08 Å². The minimum absolute atomic E-state index is 0.00415. The van der Waals surface area contributed by atoms with Crippen molar-refractivity contribution in [1.29, 1.82) is 0 Å². The number of rotatable bonds is 6. The van der Waals surface area contributed by atoms with E-state index in [0.29, 0.717) is 23.8 Å². The van der Waals surface area contributed by atoms with Gasteiger partial charge in [-0.1, -0.05) is 41.9 Å². The van der Waals surface area contributed by atoms with E-state index in [-0.39, 0.29) is 11.8 Å². The number of anilines is 1. The van der Waals surface area contributed by atoms with Gasteiger partial charge in [0, 0.05) is 36.8 Å². The molecule has 1 N–H and O–H groups in total. The Balaban J connectivity index is 2.09. The zero-order valence-corrected chi connectivity index (χ0v) is 15.1. The first-order valence-corrected chi connectivity index (χ1v) is 8.45. The molecule has 0 aliphatic carbocycles. The van der Waals surface area contributed by atoms with Gasteiger partial charge in [-0.3, -0.25) is 9.59 Å². The molecule has 0 heterocycles. The molecule has 130 valence electrons. The number of benzene rings is 2. The first-order valence-electron chi connectivity index (χ1n) is 8.07. The summed E-state index contributed by atoms with van der Waals surface area (Å²) in [5.41, 5.74) is 2.44. The van der Waals surface area contributed by atoms with E-state index in [9.17, 15) is 9.59 Å². The quantitative estimate of drug-likeness (QED) is 0.782. The summed E-state index contributed by atoms with van der Waals surface area (Å²) in [6.45, 7) is 4.54.